The van der Waals surface area contributed by atoms with Crippen molar-refractivity contribution < 1.29 is 9.47 Å². The maximum absolute atomic E-state index is 5.52. The first-order valence-electron chi connectivity index (χ1n) is 4.95. The molecule has 0 aliphatic rings. The van der Waals surface area contributed by atoms with Crippen LogP contribution >= 0.6 is 0 Å². The van der Waals surface area contributed by atoms with Crippen LogP contribution in [-0.4, -0.2) is 25.4 Å². The Morgan fingerprint density at radius 3 is 1.42 bits per heavy atom. The predicted molar refractivity (Wildman–Crippen MR) is 51.4 cm³/mol. The summed E-state index contributed by atoms with van der Waals surface area (Å²) < 4.78 is 11.0. The zero-order valence-electron chi connectivity index (χ0n) is 8.80. The SMILES string of the molecule is CCCO[C@H](C)[C@@H](C)OCCC. The Morgan fingerprint density at radius 1 is 0.833 bits per heavy atom. The molecular weight excluding hydrogens is 152 g/mol. The molecule has 0 N–H and O–H groups in total. The van der Waals surface area contributed by atoms with E-state index in [2.05, 4.69) is 27.7 Å². The lowest BCUT2D eigenvalue weighted by Crippen LogP contribution is -2.26. The van der Waals surface area contributed by atoms with E-state index >= 15 is 0 Å². The number of rotatable bonds is 7. The van der Waals surface area contributed by atoms with Crippen LogP contribution in [0, 0.1) is 0 Å². The highest BCUT2D eigenvalue weighted by Gasteiger charge is 2.11. The van der Waals surface area contributed by atoms with E-state index in [0.717, 1.165) is 26.1 Å². The molecule has 74 valence electrons. The van der Waals surface area contributed by atoms with E-state index in [1.54, 1.807) is 0 Å². The summed E-state index contributed by atoms with van der Waals surface area (Å²) in [7, 11) is 0. The summed E-state index contributed by atoms with van der Waals surface area (Å²) in [6.45, 7) is 10.0. The molecule has 0 amide bonds. The average Bonchev–Trinajstić information content (AvgIpc) is 2.10. The minimum absolute atomic E-state index is 0.219. The molecule has 0 aromatic carbocycles. The number of hydrogen-bond donors (Lipinski definition) is 0. The van der Waals surface area contributed by atoms with Crippen molar-refractivity contribution in [2.75, 3.05) is 13.2 Å². The Balaban J connectivity index is 3.39. The van der Waals surface area contributed by atoms with E-state index in [1.807, 2.05) is 0 Å². The Hall–Kier alpha value is -0.0800. The van der Waals surface area contributed by atoms with Gasteiger partial charge in [0.25, 0.3) is 0 Å². The molecule has 0 aliphatic carbocycles. The van der Waals surface area contributed by atoms with Gasteiger partial charge in [0.05, 0.1) is 12.2 Å². The van der Waals surface area contributed by atoms with Crippen LogP contribution in [0.3, 0.4) is 0 Å². The normalized spacial score (nSPS) is 16.0. The Bertz CT molecular complexity index is 81.8. The van der Waals surface area contributed by atoms with Gasteiger partial charge in [0.1, 0.15) is 0 Å². The predicted octanol–water partition coefficient (Wildman–Crippen LogP) is 2.62. The second kappa shape index (κ2) is 7.56. The van der Waals surface area contributed by atoms with Crippen LogP contribution < -0.4 is 0 Å². The Labute approximate surface area is 76.3 Å². The molecule has 0 spiro atoms. The molecule has 0 bridgehead atoms. The first-order chi connectivity index (χ1) is 5.72. The van der Waals surface area contributed by atoms with Gasteiger partial charge < -0.3 is 9.47 Å². The second-order valence-electron chi connectivity index (χ2n) is 3.15. The molecule has 0 saturated carbocycles. The summed E-state index contributed by atoms with van der Waals surface area (Å²) in [5, 5.41) is 0. The minimum atomic E-state index is 0.219. The monoisotopic (exact) mass is 174 g/mol. The maximum atomic E-state index is 5.52. The first-order valence-corrected chi connectivity index (χ1v) is 4.95. The second-order valence-corrected chi connectivity index (χ2v) is 3.15. The summed E-state index contributed by atoms with van der Waals surface area (Å²) in [4.78, 5) is 0. The maximum Gasteiger partial charge on any atom is 0.0805 e. The molecule has 0 aliphatic heterocycles. The third kappa shape index (κ3) is 5.56. The summed E-state index contributed by atoms with van der Waals surface area (Å²) in [6.07, 6.45) is 2.59. The van der Waals surface area contributed by atoms with Crippen LogP contribution in [-0.2, 0) is 9.47 Å². The molecule has 2 heteroatoms. The van der Waals surface area contributed by atoms with E-state index in [0.29, 0.717) is 0 Å². The van der Waals surface area contributed by atoms with Crippen molar-refractivity contribution >= 4 is 0 Å². The quantitative estimate of drug-likeness (QED) is 0.590. The van der Waals surface area contributed by atoms with E-state index in [-0.39, 0.29) is 12.2 Å². The van der Waals surface area contributed by atoms with Crippen molar-refractivity contribution in [1.82, 2.24) is 0 Å². The van der Waals surface area contributed by atoms with Crippen molar-refractivity contribution in [3.8, 4) is 0 Å². The van der Waals surface area contributed by atoms with Crippen LogP contribution in [0.1, 0.15) is 40.5 Å². The zero-order chi connectivity index (χ0) is 9.40. The lowest BCUT2D eigenvalue weighted by atomic mass is 10.2. The van der Waals surface area contributed by atoms with Crippen molar-refractivity contribution in [1.29, 1.82) is 0 Å². The van der Waals surface area contributed by atoms with Crippen LogP contribution in [0.25, 0.3) is 0 Å². The van der Waals surface area contributed by atoms with Gasteiger partial charge in [-0.3, -0.25) is 0 Å². The highest BCUT2D eigenvalue weighted by Crippen LogP contribution is 2.03. The fourth-order valence-electron chi connectivity index (χ4n) is 0.879. The highest BCUT2D eigenvalue weighted by atomic mass is 16.5. The molecule has 0 unspecified atom stereocenters. The first kappa shape index (κ1) is 11.9. The number of hydrogen-bond acceptors (Lipinski definition) is 2. The third-order valence-electron chi connectivity index (χ3n) is 1.83. The smallest absolute Gasteiger partial charge is 0.0805 e. The Morgan fingerprint density at radius 2 is 1.17 bits per heavy atom. The summed E-state index contributed by atoms with van der Waals surface area (Å²) in [6, 6.07) is 0. The average molecular weight is 174 g/mol. The molecule has 0 aromatic heterocycles. The van der Waals surface area contributed by atoms with Gasteiger partial charge in [-0.05, 0) is 26.7 Å². The van der Waals surface area contributed by atoms with Gasteiger partial charge in [0.2, 0.25) is 0 Å². The van der Waals surface area contributed by atoms with Gasteiger partial charge in [0.15, 0.2) is 0 Å². The van der Waals surface area contributed by atoms with E-state index in [9.17, 15) is 0 Å². The van der Waals surface area contributed by atoms with Crippen molar-refractivity contribution in [2.45, 2.75) is 52.7 Å². The van der Waals surface area contributed by atoms with Crippen LogP contribution in [0.15, 0.2) is 0 Å². The topological polar surface area (TPSA) is 18.5 Å². The molecule has 0 heterocycles. The van der Waals surface area contributed by atoms with Gasteiger partial charge in [-0.2, -0.15) is 0 Å². The van der Waals surface area contributed by atoms with Crippen molar-refractivity contribution in [3.63, 3.8) is 0 Å². The van der Waals surface area contributed by atoms with Gasteiger partial charge >= 0.3 is 0 Å². The molecule has 0 aromatic rings. The van der Waals surface area contributed by atoms with Crippen LogP contribution in [0.5, 0.6) is 0 Å². The zero-order valence-corrected chi connectivity index (χ0v) is 8.80. The Kier molecular flexibility index (Phi) is 7.51. The van der Waals surface area contributed by atoms with Gasteiger partial charge in [0, 0.05) is 13.2 Å². The van der Waals surface area contributed by atoms with Gasteiger partial charge in [-0.15, -0.1) is 0 Å². The van der Waals surface area contributed by atoms with Crippen molar-refractivity contribution in [3.05, 3.63) is 0 Å². The van der Waals surface area contributed by atoms with E-state index < -0.39 is 0 Å². The molecule has 0 fully saturated rings. The molecule has 12 heavy (non-hydrogen) atoms. The fourth-order valence-corrected chi connectivity index (χ4v) is 0.879. The van der Waals surface area contributed by atoms with Gasteiger partial charge in [-0.1, -0.05) is 13.8 Å². The molecule has 2 atom stereocenters. The molecular formula is C10H22O2. The van der Waals surface area contributed by atoms with Gasteiger partial charge in [-0.25, -0.2) is 0 Å². The third-order valence-corrected chi connectivity index (χ3v) is 1.83. The minimum Gasteiger partial charge on any atom is -0.376 e. The van der Waals surface area contributed by atoms with Crippen LogP contribution in [0.2, 0.25) is 0 Å². The lowest BCUT2D eigenvalue weighted by molar-refractivity contribution is -0.0558. The fraction of sp³-hybridized carbons (Fsp3) is 1.00. The molecule has 0 saturated heterocycles. The number of ether oxygens (including phenoxy) is 2. The lowest BCUT2D eigenvalue weighted by Gasteiger charge is -2.20. The summed E-state index contributed by atoms with van der Waals surface area (Å²) in [5.74, 6) is 0. The standard InChI is InChI=1S/C10H22O2/c1-5-7-11-9(3)10(4)12-8-6-2/h9-10H,5-8H2,1-4H3/t9-,10-/m1/s1. The highest BCUT2D eigenvalue weighted by molar-refractivity contribution is 4.59. The van der Waals surface area contributed by atoms with Crippen molar-refractivity contribution in [2.24, 2.45) is 0 Å². The molecule has 2 nitrogen and oxygen atoms in total. The summed E-state index contributed by atoms with van der Waals surface area (Å²) in [5.41, 5.74) is 0. The molecule has 0 rings (SSSR count). The van der Waals surface area contributed by atoms with E-state index in [1.165, 1.54) is 0 Å². The summed E-state index contributed by atoms with van der Waals surface area (Å²) >= 11 is 0. The largest absolute Gasteiger partial charge is 0.376 e. The molecule has 0 radical (unpaired) electrons. The van der Waals surface area contributed by atoms with E-state index in [4.69, 9.17) is 9.47 Å². The van der Waals surface area contributed by atoms with Crippen LogP contribution in [0.4, 0.5) is 0 Å².